The van der Waals surface area contributed by atoms with E-state index < -0.39 is 0 Å². The normalized spacial score (nSPS) is 9.56. The second kappa shape index (κ2) is 5.62. The Bertz CT molecular complexity index is 87.2. The third kappa shape index (κ3) is 4.02. The Morgan fingerprint density at radius 1 is 1.33 bits per heavy atom. The molecule has 1 nitrogen and oxygen atoms in total. The first-order chi connectivity index (χ1) is 4.35. The van der Waals surface area contributed by atoms with Crippen LogP contribution in [0.1, 0.15) is 39.5 Å². The van der Waals surface area contributed by atoms with Crippen molar-refractivity contribution in [2.75, 3.05) is 0 Å². The monoisotopic (exact) mass is 125 g/mol. The van der Waals surface area contributed by atoms with E-state index in [0.717, 1.165) is 18.8 Å². The quantitative estimate of drug-likeness (QED) is 0.566. The molecule has 0 atom stereocenters. The van der Waals surface area contributed by atoms with Crippen molar-refractivity contribution in [1.82, 2.24) is 0 Å². The number of nitriles is 1. The summed E-state index contributed by atoms with van der Waals surface area (Å²) in [6.45, 7) is 4.37. The van der Waals surface area contributed by atoms with Crippen LogP contribution in [0.5, 0.6) is 0 Å². The van der Waals surface area contributed by atoms with Crippen LogP contribution in [0.25, 0.3) is 0 Å². The van der Waals surface area contributed by atoms with Crippen LogP contribution in [0.2, 0.25) is 0 Å². The van der Waals surface area contributed by atoms with Gasteiger partial charge in [-0.15, -0.1) is 0 Å². The molecule has 0 fully saturated rings. The van der Waals surface area contributed by atoms with E-state index >= 15 is 0 Å². The Hall–Kier alpha value is -0.510. The summed E-state index contributed by atoms with van der Waals surface area (Å²) < 4.78 is 0. The Morgan fingerprint density at radius 3 is 2.22 bits per heavy atom. The molecule has 1 heteroatoms. The molecule has 0 spiro atoms. The average Bonchev–Trinajstić information content (AvgIpc) is 1.91. The summed E-state index contributed by atoms with van der Waals surface area (Å²) >= 11 is 0. The van der Waals surface area contributed by atoms with E-state index in [1.807, 2.05) is 0 Å². The van der Waals surface area contributed by atoms with Crippen molar-refractivity contribution in [3.8, 4) is 6.07 Å². The minimum absolute atomic E-state index is 0.729. The molecule has 0 rings (SSSR count). The lowest BCUT2D eigenvalue weighted by Gasteiger charge is -2.07. The van der Waals surface area contributed by atoms with Gasteiger partial charge in [0.15, 0.2) is 0 Å². The Balaban J connectivity index is 3.22. The molecule has 0 aliphatic carbocycles. The molecule has 9 heavy (non-hydrogen) atoms. The van der Waals surface area contributed by atoms with Crippen LogP contribution in [0.4, 0.5) is 0 Å². The second-order valence-electron chi connectivity index (χ2n) is 2.38. The topological polar surface area (TPSA) is 23.8 Å². The molecular formula is C8H15N. The van der Waals surface area contributed by atoms with Gasteiger partial charge in [0, 0.05) is 6.42 Å². The van der Waals surface area contributed by atoms with E-state index in [9.17, 15) is 0 Å². The van der Waals surface area contributed by atoms with Gasteiger partial charge in [-0.3, -0.25) is 0 Å². The van der Waals surface area contributed by atoms with Crippen LogP contribution < -0.4 is 0 Å². The zero-order valence-corrected chi connectivity index (χ0v) is 6.35. The van der Waals surface area contributed by atoms with Gasteiger partial charge in [0.1, 0.15) is 0 Å². The highest BCUT2D eigenvalue weighted by Gasteiger charge is 2.00. The van der Waals surface area contributed by atoms with Crippen molar-refractivity contribution in [2.45, 2.75) is 39.5 Å². The number of hydrogen-bond acceptors (Lipinski definition) is 1. The highest BCUT2D eigenvalue weighted by Crippen LogP contribution is 2.13. The van der Waals surface area contributed by atoms with Crippen molar-refractivity contribution in [2.24, 2.45) is 5.92 Å². The smallest absolute Gasteiger partial charge is 0.0621 e. The van der Waals surface area contributed by atoms with Crippen LogP contribution in [0.3, 0.4) is 0 Å². The van der Waals surface area contributed by atoms with Gasteiger partial charge in [0.2, 0.25) is 0 Å². The predicted molar refractivity (Wildman–Crippen MR) is 38.9 cm³/mol. The van der Waals surface area contributed by atoms with Crippen molar-refractivity contribution < 1.29 is 0 Å². The summed E-state index contributed by atoms with van der Waals surface area (Å²) in [5.41, 5.74) is 0. The van der Waals surface area contributed by atoms with Crippen molar-refractivity contribution >= 4 is 0 Å². The third-order valence-corrected chi connectivity index (χ3v) is 1.82. The SMILES string of the molecule is CCC(CC)CCC#N. The van der Waals surface area contributed by atoms with Crippen LogP contribution in [0, 0.1) is 17.2 Å². The molecular weight excluding hydrogens is 110 g/mol. The van der Waals surface area contributed by atoms with Gasteiger partial charge in [0.05, 0.1) is 6.07 Å². The molecule has 0 aliphatic heterocycles. The molecule has 0 N–H and O–H groups in total. The minimum atomic E-state index is 0.729. The molecule has 0 heterocycles. The van der Waals surface area contributed by atoms with Crippen molar-refractivity contribution in [1.29, 1.82) is 5.26 Å². The molecule has 52 valence electrons. The van der Waals surface area contributed by atoms with Gasteiger partial charge in [-0.05, 0) is 12.3 Å². The largest absolute Gasteiger partial charge is 0.198 e. The Kier molecular flexibility index (Phi) is 5.30. The van der Waals surface area contributed by atoms with E-state index in [-0.39, 0.29) is 0 Å². The molecule has 0 amide bonds. The van der Waals surface area contributed by atoms with Gasteiger partial charge < -0.3 is 0 Å². The summed E-state index contributed by atoms with van der Waals surface area (Å²) in [5, 5.41) is 8.26. The minimum Gasteiger partial charge on any atom is -0.198 e. The molecule has 0 aromatic rings. The summed E-state index contributed by atoms with van der Waals surface area (Å²) in [4.78, 5) is 0. The molecule has 0 aromatic carbocycles. The molecule has 0 aliphatic rings. The number of rotatable bonds is 4. The first-order valence-electron chi connectivity index (χ1n) is 3.72. The molecule has 0 radical (unpaired) electrons. The third-order valence-electron chi connectivity index (χ3n) is 1.82. The molecule has 0 saturated heterocycles. The maximum Gasteiger partial charge on any atom is 0.0621 e. The molecule has 0 aromatic heterocycles. The zero-order chi connectivity index (χ0) is 7.11. The summed E-state index contributed by atoms with van der Waals surface area (Å²) in [6.07, 6.45) is 4.26. The predicted octanol–water partition coefficient (Wildman–Crippen LogP) is 2.73. The maximum absolute atomic E-state index is 8.26. The van der Waals surface area contributed by atoms with Gasteiger partial charge >= 0.3 is 0 Å². The van der Waals surface area contributed by atoms with Crippen molar-refractivity contribution in [3.05, 3.63) is 0 Å². The van der Waals surface area contributed by atoms with Crippen molar-refractivity contribution in [3.63, 3.8) is 0 Å². The van der Waals surface area contributed by atoms with Gasteiger partial charge in [-0.1, -0.05) is 26.7 Å². The van der Waals surface area contributed by atoms with Gasteiger partial charge in [0.25, 0.3) is 0 Å². The number of nitrogens with zero attached hydrogens (tertiary/aromatic N) is 1. The van der Waals surface area contributed by atoms with Crippen LogP contribution in [0.15, 0.2) is 0 Å². The lowest BCUT2D eigenvalue weighted by molar-refractivity contribution is 0.462. The Morgan fingerprint density at radius 2 is 1.89 bits per heavy atom. The number of hydrogen-bond donors (Lipinski definition) is 0. The van der Waals surface area contributed by atoms with E-state index in [4.69, 9.17) is 5.26 Å². The Labute approximate surface area is 57.7 Å². The van der Waals surface area contributed by atoms with E-state index in [0.29, 0.717) is 0 Å². The van der Waals surface area contributed by atoms with E-state index in [1.165, 1.54) is 12.8 Å². The lowest BCUT2D eigenvalue weighted by Crippen LogP contribution is -1.94. The van der Waals surface area contributed by atoms with Crippen LogP contribution >= 0.6 is 0 Å². The standard InChI is InChI=1S/C8H15N/c1-3-8(4-2)6-5-7-9/h8H,3-6H2,1-2H3. The average molecular weight is 125 g/mol. The van der Waals surface area contributed by atoms with Gasteiger partial charge in [-0.25, -0.2) is 0 Å². The molecule has 0 unspecified atom stereocenters. The first kappa shape index (κ1) is 8.49. The molecule has 0 bridgehead atoms. The van der Waals surface area contributed by atoms with Gasteiger partial charge in [-0.2, -0.15) is 5.26 Å². The fourth-order valence-corrected chi connectivity index (χ4v) is 0.966. The first-order valence-corrected chi connectivity index (χ1v) is 3.72. The molecule has 0 saturated carbocycles. The van der Waals surface area contributed by atoms with E-state index in [2.05, 4.69) is 19.9 Å². The van der Waals surface area contributed by atoms with Crippen LogP contribution in [-0.4, -0.2) is 0 Å². The highest BCUT2D eigenvalue weighted by molar-refractivity contribution is 4.70. The summed E-state index contributed by atoms with van der Waals surface area (Å²) in [5.74, 6) is 0.782. The lowest BCUT2D eigenvalue weighted by atomic mass is 9.98. The summed E-state index contributed by atoms with van der Waals surface area (Å²) in [7, 11) is 0. The fraction of sp³-hybridized carbons (Fsp3) is 0.875. The highest BCUT2D eigenvalue weighted by atomic mass is 14.2. The fourth-order valence-electron chi connectivity index (χ4n) is 0.966. The maximum atomic E-state index is 8.26. The summed E-state index contributed by atoms with van der Waals surface area (Å²) in [6, 6.07) is 2.17. The second-order valence-corrected chi connectivity index (χ2v) is 2.38. The van der Waals surface area contributed by atoms with Crippen LogP contribution in [-0.2, 0) is 0 Å². The zero-order valence-electron chi connectivity index (χ0n) is 6.35. The van der Waals surface area contributed by atoms with E-state index in [1.54, 1.807) is 0 Å².